The molecule has 0 radical (unpaired) electrons. The first-order chi connectivity index (χ1) is 16.5. The highest BCUT2D eigenvalue weighted by molar-refractivity contribution is 9.10. The molecule has 0 N–H and O–H groups in total. The van der Waals surface area contributed by atoms with Crippen LogP contribution in [-0.2, 0) is 6.42 Å². The largest absolute Gasteiger partial charge is 0.433 e. The smallest absolute Gasteiger partial charge is 0.274 e. The normalized spacial score (nSPS) is 16.1. The summed E-state index contributed by atoms with van der Waals surface area (Å²) in [5, 5.41) is 0.806. The molecule has 3 heterocycles. The molecule has 0 saturated carbocycles. The van der Waals surface area contributed by atoms with Crippen molar-refractivity contribution in [2.45, 2.75) is 38.6 Å². The number of halogens is 2. The fraction of sp³-hybridized carbons (Fsp3) is 0.269. The van der Waals surface area contributed by atoms with E-state index in [1.807, 2.05) is 42.2 Å². The molecule has 5 rings (SSSR count). The van der Waals surface area contributed by atoms with Crippen LogP contribution in [-0.4, -0.2) is 33.4 Å². The van der Waals surface area contributed by atoms with E-state index >= 15 is 0 Å². The number of carbonyl (C=O) groups is 1. The highest BCUT2D eigenvalue weighted by Gasteiger charge is 2.32. The molecule has 1 unspecified atom stereocenters. The Balaban J connectivity index is 1.41. The first-order valence-electron chi connectivity index (χ1n) is 11.2. The van der Waals surface area contributed by atoms with Gasteiger partial charge in [-0.05, 0) is 59.8 Å². The minimum atomic E-state index is -0.305. The molecule has 0 spiro atoms. The Morgan fingerprint density at radius 1 is 1.12 bits per heavy atom. The fourth-order valence-corrected chi connectivity index (χ4v) is 5.81. The maximum atomic E-state index is 13.7. The Morgan fingerprint density at radius 3 is 2.65 bits per heavy atom. The van der Waals surface area contributed by atoms with E-state index < -0.39 is 0 Å². The van der Waals surface area contributed by atoms with Gasteiger partial charge in [-0.15, -0.1) is 11.3 Å². The summed E-state index contributed by atoms with van der Waals surface area (Å²) in [6, 6.07) is 16.1. The Labute approximate surface area is 209 Å². The first kappa shape index (κ1) is 22.9. The second-order valence-corrected chi connectivity index (χ2v) is 10.3. The van der Waals surface area contributed by atoms with E-state index in [4.69, 9.17) is 9.40 Å². The van der Waals surface area contributed by atoms with Crippen LogP contribution < -0.4 is 0 Å². The number of nitrogens with zero attached hydrogens (tertiary/aromatic N) is 3. The number of rotatable bonds is 5. The second kappa shape index (κ2) is 9.80. The molecule has 2 aromatic heterocycles. The predicted molar refractivity (Wildman–Crippen MR) is 134 cm³/mol. The Hall–Kier alpha value is -2.84. The molecule has 1 aliphatic heterocycles. The van der Waals surface area contributed by atoms with Crippen LogP contribution in [0.2, 0.25) is 0 Å². The second-order valence-electron chi connectivity index (χ2n) is 8.37. The van der Waals surface area contributed by atoms with E-state index in [1.54, 1.807) is 12.1 Å². The lowest BCUT2D eigenvalue weighted by Gasteiger charge is -2.35. The predicted octanol–water partition coefficient (Wildman–Crippen LogP) is 6.91. The molecule has 1 aliphatic rings. The number of amides is 1. The van der Waals surface area contributed by atoms with Crippen molar-refractivity contribution in [3.8, 4) is 21.7 Å². The third kappa shape index (κ3) is 4.70. The van der Waals surface area contributed by atoms with E-state index in [-0.39, 0.29) is 17.8 Å². The first-order valence-corrected chi connectivity index (χ1v) is 12.9. The molecule has 174 valence electrons. The van der Waals surface area contributed by atoms with Gasteiger partial charge < -0.3 is 9.32 Å². The molecule has 1 amide bonds. The van der Waals surface area contributed by atoms with Gasteiger partial charge in [0, 0.05) is 24.6 Å². The average molecular weight is 540 g/mol. The van der Waals surface area contributed by atoms with Crippen molar-refractivity contribution in [3.05, 3.63) is 81.7 Å². The van der Waals surface area contributed by atoms with Crippen molar-refractivity contribution >= 4 is 33.2 Å². The SMILES string of the molecule is Cc1nc(C(=O)N2CCCCC2Cc2nc(-c3ccccc3)c(Br)o2)c(-c2ccc(F)cc2)s1. The monoisotopic (exact) mass is 539 g/mol. The van der Waals surface area contributed by atoms with Gasteiger partial charge in [0.15, 0.2) is 10.6 Å². The van der Waals surface area contributed by atoms with E-state index in [2.05, 4.69) is 20.9 Å². The molecule has 1 fully saturated rings. The van der Waals surface area contributed by atoms with Gasteiger partial charge in [-0.2, -0.15) is 0 Å². The number of oxazole rings is 1. The van der Waals surface area contributed by atoms with E-state index in [1.165, 1.54) is 23.5 Å². The maximum Gasteiger partial charge on any atom is 0.274 e. The van der Waals surface area contributed by atoms with Crippen molar-refractivity contribution in [3.63, 3.8) is 0 Å². The molecule has 0 bridgehead atoms. The fourth-order valence-electron chi connectivity index (χ4n) is 4.39. The Bertz CT molecular complexity index is 1300. The van der Waals surface area contributed by atoms with Crippen LogP contribution in [0.5, 0.6) is 0 Å². The molecule has 0 aliphatic carbocycles. The lowest BCUT2D eigenvalue weighted by Crippen LogP contribution is -2.45. The standard InChI is InChI=1S/C26H23BrFN3O2S/c1-16-29-23(24(34-16)18-10-12-19(28)13-11-18)26(32)31-14-6-5-9-20(31)15-21-30-22(25(27)33-21)17-7-3-2-4-8-17/h2-4,7-8,10-13,20H,5-6,9,14-15H2,1H3. The highest BCUT2D eigenvalue weighted by atomic mass is 79.9. The Kier molecular flexibility index (Phi) is 6.61. The number of piperidine rings is 1. The molecule has 1 saturated heterocycles. The zero-order chi connectivity index (χ0) is 23.7. The Morgan fingerprint density at radius 2 is 1.88 bits per heavy atom. The molecule has 34 heavy (non-hydrogen) atoms. The number of benzene rings is 2. The zero-order valence-electron chi connectivity index (χ0n) is 18.6. The van der Waals surface area contributed by atoms with Gasteiger partial charge in [-0.25, -0.2) is 14.4 Å². The van der Waals surface area contributed by atoms with Gasteiger partial charge in [0.2, 0.25) is 0 Å². The van der Waals surface area contributed by atoms with Crippen LogP contribution in [0.15, 0.2) is 63.7 Å². The lowest BCUT2D eigenvalue weighted by molar-refractivity contribution is 0.0600. The van der Waals surface area contributed by atoms with Crippen LogP contribution in [0.25, 0.3) is 21.7 Å². The van der Waals surface area contributed by atoms with Gasteiger partial charge in [0.05, 0.1) is 9.88 Å². The molecule has 2 aromatic carbocycles. The van der Waals surface area contributed by atoms with E-state index in [0.29, 0.717) is 29.2 Å². The minimum absolute atomic E-state index is 0.0292. The van der Waals surface area contributed by atoms with Crippen LogP contribution in [0, 0.1) is 12.7 Å². The van der Waals surface area contributed by atoms with Crippen molar-refractivity contribution in [1.82, 2.24) is 14.9 Å². The summed E-state index contributed by atoms with van der Waals surface area (Å²) in [6.45, 7) is 2.55. The third-order valence-corrected chi connectivity index (χ3v) is 7.58. The van der Waals surface area contributed by atoms with Gasteiger partial charge in [0.1, 0.15) is 17.2 Å². The zero-order valence-corrected chi connectivity index (χ0v) is 21.0. The number of hydrogen-bond donors (Lipinski definition) is 0. The van der Waals surface area contributed by atoms with Gasteiger partial charge in [0.25, 0.3) is 5.91 Å². The van der Waals surface area contributed by atoms with E-state index in [9.17, 15) is 9.18 Å². The van der Waals surface area contributed by atoms with Crippen molar-refractivity contribution < 1.29 is 13.6 Å². The molecule has 5 nitrogen and oxygen atoms in total. The number of hydrogen-bond acceptors (Lipinski definition) is 5. The molecular weight excluding hydrogens is 517 g/mol. The number of aromatic nitrogens is 2. The summed E-state index contributed by atoms with van der Waals surface area (Å²) in [4.78, 5) is 25.7. The number of aryl methyl sites for hydroxylation is 1. The minimum Gasteiger partial charge on any atom is -0.433 e. The summed E-state index contributed by atoms with van der Waals surface area (Å²) >= 11 is 4.95. The summed E-state index contributed by atoms with van der Waals surface area (Å²) in [7, 11) is 0. The van der Waals surface area contributed by atoms with E-state index in [0.717, 1.165) is 46.0 Å². The number of likely N-dealkylation sites (tertiary alicyclic amines) is 1. The molecule has 1 atom stereocenters. The number of carbonyl (C=O) groups excluding carboxylic acids is 1. The molecule has 8 heteroatoms. The highest BCUT2D eigenvalue weighted by Crippen LogP contribution is 2.34. The van der Waals surface area contributed by atoms with Crippen LogP contribution in [0.4, 0.5) is 4.39 Å². The van der Waals surface area contributed by atoms with Gasteiger partial charge in [-0.3, -0.25) is 4.79 Å². The molecule has 4 aromatic rings. The number of thiazole rings is 1. The van der Waals surface area contributed by atoms with Crippen LogP contribution >= 0.6 is 27.3 Å². The van der Waals surface area contributed by atoms with Crippen LogP contribution in [0.1, 0.15) is 40.6 Å². The lowest BCUT2D eigenvalue weighted by atomic mass is 9.98. The van der Waals surface area contributed by atoms with Crippen molar-refractivity contribution in [1.29, 1.82) is 0 Å². The van der Waals surface area contributed by atoms with Crippen molar-refractivity contribution in [2.24, 2.45) is 0 Å². The quantitative estimate of drug-likeness (QED) is 0.276. The third-order valence-electron chi connectivity index (χ3n) is 6.02. The average Bonchev–Trinajstić information content (AvgIpc) is 3.42. The summed E-state index contributed by atoms with van der Waals surface area (Å²) in [5.41, 5.74) is 2.97. The maximum absolute atomic E-state index is 13.7. The van der Waals surface area contributed by atoms with Gasteiger partial charge >= 0.3 is 0 Å². The summed E-state index contributed by atoms with van der Waals surface area (Å²) in [5.74, 6) is 0.201. The molecular formula is C26H23BrFN3O2S. The summed E-state index contributed by atoms with van der Waals surface area (Å²) in [6.07, 6.45) is 3.40. The van der Waals surface area contributed by atoms with Crippen LogP contribution in [0.3, 0.4) is 0 Å². The summed E-state index contributed by atoms with van der Waals surface area (Å²) < 4.78 is 20.0. The van der Waals surface area contributed by atoms with Gasteiger partial charge in [-0.1, -0.05) is 42.5 Å². The van der Waals surface area contributed by atoms with Crippen molar-refractivity contribution in [2.75, 3.05) is 6.54 Å². The topological polar surface area (TPSA) is 59.2 Å².